The Bertz CT molecular complexity index is 285. The molecule has 3 nitrogen and oxygen atoms in total. The number of unbranched alkanes of at least 4 members (excludes halogenated alkanes) is 2. The van der Waals surface area contributed by atoms with E-state index in [2.05, 4.69) is 12.2 Å². The smallest absolute Gasteiger partial charge is 0.224 e. The minimum Gasteiger partial charge on any atom is -0.301 e. The van der Waals surface area contributed by atoms with Gasteiger partial charge in [0.2, 0.25) is 12.6 Å². The molecule has 15 heavy (non-hydrogen) atoms. The minimum absolute atomic E-state index is 0.139. The molecule has 0 radical (unpaired) electrons. The molecule has 3 heteroatoms. The lowest BCUT2D eigenvalue weighted by molar-refractivity contribution is -0.700. The minimum atomic E-state index is 0.139. The number of aromatic nitrogens is 1. The number of nitrogens with one attached hydrogen (secondary N) is 1. The number of amides is 1. The number of nitrogens with zero attached hydrogens (tertiary/aromatic N) is 1. The first-order valence-corrected chi connectivity index (χ1v) is 5.53. The molecule has 1 aromatic heterocycles. The molecule has 1 aromatic rings. The van der Waals surface area contributed by atoms with Crippen molar-refractivity contribution >= 4 is 5.91 Å². The van der Waals surface area contributed by atoms with Crippen LogP contribution in [0, 0.1) is 0 Å². The van der Waals surface area contributed by atoms with Crippen molar-refractivity contribution in [3.63, 3.8) is 0 Å². The van der Waals surface area contributed by atoms with Crippen LogP contribution in [0.4, 0.5) is 0 Å². The summed E-state index contributed by atoms with van der Waals surface area (Å²) in [6.07, 6.45) is 7.79. The molecule has 82 valence electrons. The molecule has 0 spiro atoms. The monoisotopic (exact) mass is 207 g/mol. The summed E-state index contributed by atoms with van der Waals surface area (Å²) in [5.74, 6) is 0.139. The van der Waals surface area contributed by atoms with Gasteiger partial charge < -0.3 is 5.32 Å². The molecule has 0 fully saturated rings. The lowest BCUT2D eigenvalue weighted by Crippen LogP contribution is -2.42. The van der Waals surface area contributed by atoms with Crippen molar-refractivity contribution in [1.82, 2.24) is 5.32 Å². The van der Waals surface area contributed by atoms with Crippen LogP contribution < -0.4 is 9.88 Å². The van der Waals surface area contributed by atoms with Gasteiger partial charge in [0.05, 0.1) is 0 Å². The van der Waals surface area contributed by atoms with Gasteiger partial charge in [-0.25, -0.2) is 0 Å². The fourth-order valence-electron chi connectivity index (χ4n) is 1.34. The lowest BCUT2D eigenvalue weighted by atomic mass is 10.2. The number of carbonyl (C=O) groups excluding carboxylic acids is 1. The average molecular weight is 207 g/mol. The normalized spacial score (nSPS) is 9.93. The Morgan fingerprint density at radius 1 is 1.20 bits per heavy atom. The van der Waals surface area contributed by atoms with Crippen molar-refractivity contribution in [3.8, 4) is 0 Å². The van der Waals surface area contributed by atoms with E-state index in [0.717, 1.165) is 19.3 Å². The second kappa shape index (κ2) is 6.98. The fourth-order valence-corrected chi connectivity index (χ4v) is 1.34. The van der Waals surface area contributed by atoms with E-state index in [-0.39, 0.29) is 5.91 Å². The SMILES string of the molecule is CCCCCC(=O)NC[n+]1ccccc1. The summed E-state index contributed by atoms with van der Waals surface area (Å²) in [6, 6.07) is 5.85. The van der Waals surface area contributed by atoms with E-state index in [1.165, 1.54) is 0 Å². The maximum Gasteiger partial charge on any atom is 0.224 e. The molecule has 0 atom stereocenters. The van der Waals surface area contributed by atoms with Gasteiger partial charge in [0.15, 0.2) is 12.4 Å². The zero-order valence-electron chi connectivity index (χ0n) is 9.28. The van der Waals surface area contributed by atoms with Crippen LogP contribution in [-0.2, 0) is 11.5 Å². The van der Waals surface area contributed by atoms with Gasteiger partial charge in [-0.05, 0) is 6.42 Å². The van der Waals surface area contributed by atoms with Gasteiger partial charge in [-0.1, -0.05) is 25.8 Å². The van der Waals surface area contributed by atoms with Crippen LogP contribution in [0.3, 0.4) is 0 Å². The van der Waals surface area contributed by atoms with Crippen molar-refractivity contribution in [3.05, 3.63) is 30.6 Å². The maximum absolute atomic E-state index is 11.4. The molecule has 0 aromatic carbocycles. The third-order valence-corrected chi connectivity index (χ3v) is 2.24. The second-order valence-electron chi connectivity index (χ2n) is 3.60. The lowest BCUT2D eigenvalue weighted by Gasteiger charge is -2.01. The van der Waals surface area contributed by atoms with Gasteiger partial charge in [-0.15, -0.1) is 0 Å². The summed E-state index contributed by atoms with van der Waals surface area (Å²) < 4.78 is 1.94. The van der Waals surface area contributed by atoms with Crippen LogP contribution >= 0.6 is 0 Å². The number of pyridine rings is 1. The van der Waals surface area contributed by atoms with E-state index in [0.29, 0.717) is 13.1 Å². The highest BCUT2D eigenvalue weighted by atomic mass is 16.1. The van der Waals surface area contributed by atoms with Crippen LogP contribution in [0.1, 0.15) is 32.6 Å². The van der Waals surface area contributed by atoms with Gasteiger partial charge in [0, 0.05) is 18.6 Å². The van der Waals surface area contributed by atoms with Crippen LogP contribution in [0.25, 0.3) is 0 Å². The molecule has 0 saturated heterocycles. The van der Waals surface area contributed by atoms with Crippen LogP contribution in [0.5, 0.6) is 0 Å². The van der Waals surface area contributed by atoms with Crippen molar-refractivity contribution < 1.29 is 9.36 Å². The van der Waals surface area contributed by atoms with E-state index in [1.54, 1.807) is 0 Å². The van der Waals surface area contributed by atoms with Gasteiger partial charge in [0.25, 0.3) is 0 Å². The van der Waals surface area contributed by atoms with Gasteiger partial charge in [0.1, 0.15) is 0 Å². The zero-order valence-corrected chi connectivity index (χ0v) is 9.28. The molecule has 1 amide bonds. The third kappa shape index (κ3) is 5.15. The Balaban J connectivity index is 2.17. The summed E-state index contributed by atoms with van der Waals surface area (Å²) >= 11 is 0. The summed E-state index contributed by atoms with van der Waals surface area (Å²) in [5, 5.41) is 2.88. The number of hydrogen-bond donors (Lipinski definition) is 1. The predicted molar refractivity (Wildman–Crippen MR) is 58.9 cm³/mol. The number of hydrogen-bond acceptors (Lipinski definition) is 1. The molecule has 0 aliphatic carbocycles. The predicted octanol–water partition coefficient (Wildman–Crippen LogP) is 1.63. The first-order valence-electron chi connectivity index (χ1n) is 5.53. The van der Waals surface area contributed by atoms with E-state index in [9.17, 15) is 4.79 Å². The summed E-state index contributed by atoms with van der Waals surface area (Å²) in [5.41, 5.74) is 0. The maximum atomic E-state index is 11.4. The largest absolute Gasteiger partial charge is 0.301 e. The highest BCUT2D eigenvalue weighted by Gasteiger charge is 2.02. The standard InChI is InChI=1S/C12H18N2O/c1-2-3-5-8-12(15)13-11-14-9-6-4-7-10-14/h4,6-7,9-10H,2-3,5,8,11H2,1H3/p+1. The third-order valence-electron chi connectivity index (χ3n) is 2.24. The molecule has 0 saturated carbocycles. The molecule has 1 rings (SSSR count). The Morgan fingerprint density at radius 2 is 1.93 bits per heavy atom. The molecule has 0 aliphatic heterocycles. The first kappa shape index (κ1) is 11.7. The number of rotatable bonds is 6. The first-order chi connectivity index (χ1) is 7.33. The molecule has 1 heterocycles. The summed E-state index contributed by atoms with van der Waals surface area (Å²) in [6.45, 7) is 2.70. The van der Waals surface area contributed by atoms with Gasteiger partial charge in [-0.3, -0.25) is 4.79 Å². The molecule has 0 unspecified atom stereocenters. The Kier molecular flexibility index (Phi) is 5.44. The van der Waals surface area contributed by atoms with Crippen molar-refractivity contribution in [1.29, 1.82) is 0 Å². The summed E-state index contributed by atoms with van der Waals surface area (Å²) in [4.78, 5) is 11.4. The van der Waals surface area contributed by atoms with Crippen molar-refractivity contribution in [2.75, 3.05) is 0 Å². The van der Waals surface area contributed by atoms with Crippen LogP contribution in [0.2, 0.25) is 0 Å². The number of carbonyl (C=O) groups is 1. The van der Waals surface area contributed by atoms with E-state index in [1.807, 2.05) is 35.2 Å². The van der Waals surface area contributed by atoms with Crippen molar-refractivity contribution in [2.24, 2.45) is 0 Å². The highest BCUT2D eigenvalue weighted by Crippen LogP contribution is 1.97. The second-order valence-corrected chi connectivity index (χ2v) is 3.60. The Hall–Kier alpha value is -1.38. The highest BCUT2D eigenvalue weighted by molar-refractivity contribution is 5.75. The van der Waals surface area contributed by atoms with E-state index >= 15 is 0 Å². The Morgan fingerprint density at radius 3 is 2.60 bits per heavy atom. The van der Waals surface area contributed by atoms with Crippen molar-refractivity contribution in [2.45, 2.75) is 39.3 Å². The molecule has 1 N–H and O–H groups in total. The van der Waals surface area contributed by atoms with E-state index in [4.69, 9.17) is 0 Å². The summed E-state index contributed by atoms with van der Waals surface area (Å²) in [7, 11) is 0. The topological polar surface area (TPSA) is 33.0 Å². The van der Waals surface area contributed by atoms with Gasteiger partial charge >= 0.3 is 0 Å². The molecule has 0 aliphatic rings. The van der Waals surface area contributed by atoms with E-state index < -0.39 is 0 Å². The van der Waals surface area contributed by atoms with Gasteiger partial charge in [-0.2, -0.15) is 4.57 Å². The fraction of sp³-hybridized carbons (Fsp3) is 0.500. The zero-order chi connectivity index (χ0) is 10.9. The Labute approximate surface area is 91.1 Å². The average Bonchev–Trinajstić information content (AvgIpc) is 2.28. The van der Waals surface area contributed by atoms with Crippen LogP contribution in [0.15, 0.2) is 30.6 Å². The molecular weight excluding hydrogens is 188 g/mol. The quantitative estimate of drug-likeness (QED) is 0.558. The van der Waals surface area contributed by atoms with Crippen LogP contribution in [-0.4, -0.2) is 5.91 Å². The molecular formula is C12H19N2O+. The molecule has 0 bridgehead atoms.